The first-order valence-corrected chi connectivity index (χ1v) is 10.6. The molecule has 1 N–H and O–H groups in total. The number of carbonyl (C=O) groups is 1. The molecule has 5 nitrogen and oxygen atoms in total. The highest BCUT2D eigenvalue weighted by atomic mass is 32.2. The number of amides is 1. The molecule has 29 heavy (non-hydrogen) atoms. The molecule has 0 aliphatic carbocycles. The molecule has 2 aromatic heterocycles. The SMILES string of the molecule is CCOCCCNC(=O)C(C)Sc1nc(-c2cccs2)cc(C(F)(F)F)c1C#N. The van der Waals surface area contributed by atoms with E-state index < -0.39 is 22.6 Å². The summed E-state index contributed by atoms with van der Waals surface area (Å²) in [5.74, 6) is -0.340. The fourth-order valence-corrected chi connectivity index (χ4v) is 4.02. The fraction of sp³-hybridized carbons (Fsp3) is 0.421. The Kier molecular flexibility index (Phi) is 8.49. The molecule has 0 spiro atoms. The van der Waals surface area contributed by atoms with Gasteiger partial charge in [0.05, 0.1) is 26.9 Å². The minimum atomic E-state index is -4.71. The van der Waals surface area contributed by atoms with E-state index in [-0.39, 0.29) is 16.6 Å². The van der Waals surface area contributed by atoms with Gasteiger partial charge in [-0.15, -0.1) is 11.3 Å². The minimum absolute atomic E-state index is 0.109. The van der Waals surface area contributed by atoms with Crippen LogP contribution in [0.25, 0.3) is 10.6 Å². The number of nitrogens with zero attached hydrogens (tertiary/aromatic N) is 2. The predicted octanol–water partition coefficient (Wildman–Crippen LogP) is 4.72. The zero-order valence-electron chi connectivity index (χ0n) is 15.9. The quantitative estimate of drug-likeness (QED) is 0.448. The maximum atomic E-state index is 13.5. The highest BCUT2D eigenvalue weighted by Crippen LogP contribution is 2.39. The molecule has 0 radical (unpaired) electrons. The van der Waals surface area contributed by atoms with Crippen LogP contribution in [-0.4, -0.2) is 35.9 Å². The van der Waals surface area contributed by atoms with Crippen molar-refractivity contribution in [3.8, 4) is 16.6 Å². The van der Waals surface area contributed by atoms with Crippen LogP contribution in [0.1, 0.15) is 31.4 Å². The number of aromatic nitrogens is 1. The topological polar surface area (TPSA) is 75.0 Å². The van der Waals surface area contributed by atoms with Crippen molar-refractivity contribution in [2.75, 3.05) is 19.8 Å². The molecule has 2 aromatic rings. The number of hydrogen-bond donors (Lipinski definition) is 1. The number of ether oxygens (including phenoxy) is 1. The molecule has 0 aromatic carbocycles. The monoisotopic (exact) mass is 443 g/mol. The van der Waals surface area contributed by atoms with Gasteiger partial charge in [-0.1, -0.05) is 17.8 Å². The number of rotatable bonds is 9. The minimum Gasteiger partial charge on any atom is -0.382 e. The van der Waals surface area contributed by atoms with Crippen molar-refractivity contribution >= 4 is 29.0 Å². The van der Waals surface area contributed by atoms with E-state index in [4.69, 9.17) is 4.74 Å². The molecule has 10 heteroatoms. The predicted molar refractivity (Wildman–Crippen MR) is 107 cm³/mol. The summed E-state index contributed by atoms with van der Waals surface area (Å²) in [6.07, 6.45) is -4.08. The van der Waals surface area contributed by atoms with Gasteiger partial charge < -0.3 is 10.1 Å². The molecule has 2 rings (SSSR count). The van der Waals surface area contributed by atoms with Crippen molar-refractivity contribution in [1.82, 2.24) is 10.3 Å². The number of nitriles is 1. The summed E-state index contributed by atoms with van der Waals surface area (Å²) >= 11 is 2.09. The van der Waals surface area contributed by atoms with E-state index in [1.165, 1.54) is 11.3 Å². The second kappa shape index (κ2) is 10.6. The maximum Gasteiger partial charge on any atom is 0.417 e. The highest BCUT2D eigenvalue weighted by molar-refractivity contribution is 8.00. The lowest BCUT2D eigenvalue weighted by molar-refractivity contribution is -0.138. The molecule has 0 aliphatic rings. The van der Waals surface area contributed by atoms with Crippen LogP contribution in [0.2, 0.25) is 0 Å². The molecular formula is C19H20F3N3O2S2. The number of thioether (sulfide) groups is 1. The van der Waals surface area contributed by atoms with Gasteiger partial charge in [0.1, 0.15) is 11.1 Å². The normalized spacial score (nSPS) is 12.4. The van der Waals surface area contributed by atoms with Crippen molar-refractivity contribution in [3.63, 3.8) is 0 Å². The van der Waals surface area contributed by atoms with Gasteiger partial charge in [-0.3, -0.25) is 4.79 Å². The van der Waals surface area contributed by atoms with Crippen LogP contribution in [0.5, 0.6) is 0 Å². The first-order chi connectivity index (χ1) is 13.8. The van der Waals surface area contributed by atoms with Crippen molar-refractivity contribution in [3.05, 3.63) is 34.7 Å². The van der Waals surface area contributed by atoms with E-state index in [0.29, 0.717) is 31.1 Å². The Bertz CT molecular complexity index is 865. The number of hydrogen-bond acceptors (Lipinski definition) is 6. The number of nitrogens with one attached hydrogen (secondary N) is 1. The Morgan fingerprint density at radius 2 is 2.24 bits per heavy atom. The summed E-state index contributed by atoms with van der Waals surface area (Å²) in [6, 6.07) is 5.85. The van der Waals surface area contributed by atoms with E-state index >= 15 is 0 Å². The molecule has 0 saturated heterocycles. The lowest BCUT2D eigenvalue weighted by Crippen LogP contribution is -2.32. The smallest absolute Gasteiger partial charge is 0.382 e. The van der Waals surface area contributed by atoms with Crippen LogP contribution >= 0.6 is 23.1 Å². The lowest BCUT2D eigenvalue weighted by Gasteiger charge is -2.16. The largest absolute Gasteiger partial charge is 0.417 e. The van der Waals surface area contributed by atoms with Crippen molar-refractivity contribution in [1.29, 1.82) is 5.26 Å². The Labute approximate surface area is 175 Å². The van der Waals surface area contributed by atoms with Crippen molar-refractivity contribution < 1.29 is 22.7 Å². The third-order valence-electron chi connectivity index (χ3n) is 3.80. The van der Waals surface area contributed by atoms with Gasteiger partial charge in [0.25, 0.3) is 0 Å². The second-order valence-corrected chi connectivity index (χ2v) is 8.20. The standard InChI is InChI=1S/C19H20F3N3O2S2/c1-3-27-8-5-7-24-17(26)12(2)29-18-13(11-23)14(19(20,21)22)10-15(25-18)16-6-4-9-28-16/h4,6,9-10,12H,3,5,7-8H2,1-2H3,(H,24,26). The van der Waals surface area contributed by atoms with Gasteiger partial charge in [-0.2, -0.15) is 18.4 Å². The molecule has 0 aliphatic heterocycles. The summed E-state index contributed by atoms with van der Waals surface area (Å²) < 4.78 is 45.8. The van der Waals surface area contributed by atoms with Gasteiger partial charge in [-0.05, 0) is 37.8 Å². The Morgan fingerprint density at radius 1 is 1.48 bits per heavy atom. The summed E-state index contributed by atoms with van der Waals surface area (Å²) in [5, 5.41) is 13.0. The zero-order valence-corrected chi connectivity index (χ0v) is 17.5. The summed E-state index contributed by atoms with van der Waals surface area (Å²) in [6.45, 7) is 4.93. The molecule has 0 saturated carbocycles. The van der Waals surface area contributed by atoms with E-state index in [9.17, 15) is 23.2 Å². The lowest BCUT2D eigenvalue weighted by atomic mass is 10.1. The number of alkyl halides is 3. The van der Waals surface area contributed by atoms with Crippen LogP contribution in [0.4, 0.5) is 13.2 Å². The zero-order chi connectivity index (χ0) is 21.4. The molecule has 1 atom stereocenters. The van der Waals surface area contributed by atoms with Crippen LogP contribution in [-0.2, 0) is 15.7 Å². The van der Waals surface area contributed by atoms with Gasteiger partial charge in [0, 0.05) is 19.8 Å². The van der Waals surface area contributed by atoms with Crippen LogP contribution in [0.3, 0.4) is 0 Å². The van der Waals surface area contributed by atoms with Crippen molar-refractivity contribution in [2.45, 2.75) is 36.7 Å². The molecule has 2 heterocycles. The molecule has 0 bridgehead atoms. The Morgan fingerprint density at radius 3 is 2.83 bits per heavy atom. The van der Waals surface area contributed by atoms with E-state index in [1.807, 2.05) is 6.92 Å². The number of carbonyl (C=O) groups excluding carboxylic acids is 1. The molecular weight excluding hydrogens is 423 g/mol. The molecule has 156 valence electrons. The second-order valence-electron chi connectivity index (χ2n) is 5.92. The first-order valence-electron chi connectivity index (χ1n) is 8.86. The van der Waals surface area contributed by atoms with Gasteiger partial charge in [0.2, 0.25) is 5.91 Å². The molecule has 1 unspecified atom stereocenters. The van der Waals surface area contributed by atoms with Crippen LogP contribution < -0.4 is 5.32 Å². The summed E-state index contributed by atoms with van der Waals surface area (Å²) in [5.41, 5.74) is -1.50. The summed E-state index contributed by atoms with van der Waals surface area (Å²) in [7, 11) is 0. The van der Waals surface area contributed by atoms with Gasteiger partial charge >= 0.3 is 6.18 Å². The first kappa shape index (κ1) is 23.2. The van der Waals surface area contributed by atoms with E-state index in [2.05, 4.69) is 10.3 Å². The maximum absolute atomic E-state index is 13.5. The van der Waals surface area contributed by atoms with Gasteiger partial charge in [0.15, 0.2) is 0 Å². The Hall–Kier alpha value is -2.09. The fourth-order valence-electron chi connectivity index (χ4n) is 2.38. The molecule has 0 fully saturated rings. The highest BCUT2D eigenvalue weighted by Gasteiger charge is 2.36. The number of pyridine rings is 1. The molecule has 1 amide bonds. The van der Waals surface area contributed by atoms with E-state index in [0.717, 1.165) is 17.8 Å². The third-order valence-corrected chi connectivity index (χ3v) is 5.78. The van der Waals surface area contributed by atoms with Crippen LogP contribution in [0, 0.1) is 11.3 Å². The summed E-state index contributed by atoms with van der Waals surface area (Å²) in [4.78, 5) is 17.1. The number of halogens is 3. The number of thiophene rings is 1. The van der Waals surface area contributed by atoms with Crippen molar-refractivity contribution in [2.24, 2.45) is 0 Å². The van der Waals surface area contributed by atoms with Crippen LogP contribution in [0.15, 0.2) is 28.6 Å². The van der Waals surface area contributed by atoms with Gasteiger partial charge in [-0.25, -0.2) is 4.98 Å². The third kappa shape index (κ3) is 6.45. The Balaban J connectivity index is 2.25. The average Bonchev–Trinajstić information content (AvgIpc) is 3.21. The average molecular weight is 444 g/mol. The van der Waals surface area contributed by atoms with E-state index in [1.54, 1.807) is 30.5 Å².